The highest BCUT2D eigenvalue weighted by Gasteiger charge is 2.32. The number of halogens is 1. The summed E-state index contributed by atoms with van der Waals surface area (Å²) in [7, 11) is 0. The van der Waals surface area contributed by atoms with Crippen LogP contribution in [0.4, 0.5) is 10.8 Å². The van der Waals surface area contributed by atoms with Gasteiger partial charge in [-0.2, -0.15) is 0 Å². The summed E-state index contributed by atoms with van der Waals surface area (Å²) in [5, 5.41) is 14.9. The van der Waals surface area contributed by atoms with E-state index in [1.807, 2.05) is 0 Å². The zero-order chi connectivity index (χ0) is 19.1. The number of nitro groups is 1. The van der Waals surface area contributed by atoms with Crippen molar-refractivity contribution in [2.45, 2.75) is 25.8 Å². The SMILES string of the molecule is O=C(Nc1nc2c(s1)CN(C(=O)c1cc(Cl)ccc1[N+](=O)[O-])CC2)C1CC1. The molecule has 1 aliphatic heterocycles. The lowest BCUT2D eigenvalue weighted by Crippen LogP contribution is -2.35. The Kier molecular flexibility index (Phi) is 4.56. The van der Waals surface area contributed by atoms with Crippen molar-refractivity contribution in [2.24, 2.45) is 5.92 Å². The van der Waals surface area contributed by atoms with Gasteiger partial charge in [0.05, 0.1) is 17.2 Å². The van der Waals surface area contributed by atoms with E-state index in [2.05, 4.69) is 10.3 Å². The fourth-order valence-electron chi connectivity index (χ4n) is 2.98. The van der Waals surface area contributed by atoms with Gasteiger partial charge in [-0.15, -0.1) is 0 Å². The number of aromatic nitrogens is 1. The molecule has 0 spiro atoms. The molecule has 1 N–H and O–H groups in total. The van der Waals surface area contributed by atoms with E-state index in [0.717, 1.165) is 23.4 Å². The monoisotopic (exact) mass is 406 g/mol. The minimum Gasteiger partial charge on any atom is -0.333 e. The number of carbonyl (C=O) groups excluding carboxylic acids is 2. The summed E-state index contributed by atoms with van der Waals surface area (Å²) in [5.41, 5.74) is 0.565. The number of amides is 2. The minimum atomic E-state index is -0.586. The van der Waals surface area contributed by atoms with Crippen molar-refractivity contribution in [1.82, 2.24) is 9.88 Å². The predicted molar refractivity (Wildman–Crippen MR) is 100 cm³/mol. The lowest BCUT2D eigenvalue weighted by atomic mass is 10.1. The molecule has 1 aliphatic carbocycles. The zero-order valence-corrected chi connectivity index (χ0v) is 15.7. The van der Waals surface area contributed by atoms with E-state index in [1.54, 1.807) is 4.90 Å². The molecule has 1 aromatic heterocycles. The van der Waals surface area contributed by atoms with Gasteiger partial charge in [0, 0.05) is 34.8 Å². The highest BCUT2D eigenvalue weighted by Crippen LogP contribution is 2.33. The van der Waals surface area contributed by atoms with Crippen molar-refractivity contribution in [1.29, 1.82) is 0 Å². The van der Waals surface area contributed by atoms with Crippen LogP contribution in [-0.2, 0) is 17.8 Å². The zero-order valence-electron chi connectivity index (χ0n) is 14.1. The Morgan fingerprint density at radius 2 is 2.15 bits per heavy atom. The molecule has 2 amide bonds. The molecular formula is C17H15ClN4O4S. The Labute approximate surface area is 163 Å². The third-order valence-electron chi connectivity index (χ3n) is 4.58. The molecule has 0 radical (unpaired) electrons. The molecule has 2 heterocycles. The molecule has 1 aromatic carbocycles. The van der Waals surface area contributed by atoms with Gasteiger partial charge in [0.2, 0.25) is 5.91 Å². The molecular weight excluding hydrogens is 392 g/mol. The molecule has 10 heteroatoms. The van der Waals surface area contributed by atoms with Crippen molar-refractivity contribution in [2.75, 3.05) is 11.9 Å². The summed E-state index contributed by atoms with van der Waals surface area (Å²) in [6.45, 7) is 0.698. The quantitative estimate of drug-likeness (QED) is 0.619. The highest BCUT2D eigenvalue weighted by atomic mass is 35.5. The Hall–Kier alpha value is -2.52. The van der Waals surface area contributed by atoms with Crippen molar-refractivity contribution >= 4 is 45.6 Å². The molecule has 0 bridgehead atoms. The van der Waals surface area contributed by atoms with Gasteiger partial charge in [0.1, 0.15) is 5.56 Å². The molecule has 4 rings (SSSR count). The third-order valence-corrected chi connectivity index (χ3v) is 5.82. The van der Waals surface area contributed by atoms with Gasteiger partial charge in [-0.1, -0.05) is 22.9 Å². The Balaban J connectivity index is 1.53. The maximum atomic E-state index is 12.8. The fourth-order valence-corrected chi connectivity index (χ4v) is 4.18. The minimum absolute atomic E-state index is 0.0106. The van der Waals surface area contributed by atoms with Crippen LogP contribution in [0.2, 0.25) is 5.02 Å². The fraction of sp³-hybridized carbons (Fsp3) is 0.353. The lowest BCUT2D eigenvalue weighted by Gasteiger charge is -2.26. The number of nitro benzene ring substituents is 1. The number of rotatable bonds is 4. The van der Waals surface area contributed by atoms with Crippen LogP contribution in [0, 0.1) is 16.0 Å². The van der Waals surface area contributed by atoms with E-state index in [4.69, 9.17) is 11.6 Å². The number of nitrogens with zero attached hydrogens (tertiary/aromatic N) is 3. The van der Waals surface area contributed by atoms with Crippen LogP contribution in [0.1, 0.15) is 33.8 Å². The van der Waals surface area contributed by atoms with Crippen molar-refractivity contribution in [3.05, 3.63) is 49.5 Å². The largest absolute Gasteiger partial charge is 0.333 e. The van der Waals surface area contributed by atoms with Crippen LogP contribution in [0.25, 0.3) is 0 Å². The second-order valence-corrected chi connectivity index (χ2v) is 8.07. The van der Waals surface area contributed by atoms with E-state index in [9.17, 15) is 19.7 Å². The second-order valence-electron chi connectivity index (χ2n) is 6.55. The predicted octanol–water partition coefficient (Wildman–Crippen LogP) is 3.25. The van der Waals surface area contributed by atoms with Crippen molar-refractivity contribution in [3.63, 3.8) is 0 Å². The van der Waals surface area contributed by atoms with Crippen LogP contribution in [-0.4, -0.2) is 33.2 Å². The smallest absolute Gasteiger partial charge is 0.282 e. The Bertz CT molecular complexity index is 956. The number of thiazole rings is 1. The second kappa shape index (κ2) is 6.90. The van der Waals surface area contributed by atoms with Gasteiger partial charge < -0.3 is 10.2 Å². The van der Waals surface area contributed by atoms with Gasteiger partial charge in [-0.3, -0.25) is 19.7 Å². The molecule has 2 aromatic rings. The van der Waals surface area contributed by atoms with Crippen LogP contribution in [0.3, 0.4) is 0 Å². The summed E-state index contributed by atoms with van der Waals surface area (Å²) < 4.78 is 0. The first kappa shape index (κ1) is 17.9. The van der Waals surface area contributed by atoms with Gasteiger partial charge in [0.15, 0.2) is 5.13 Å². The normalized spacial score (nSPS) is 16.0. The highest BCUT2D eigenvalue weighted by molar-refractivity contribution is 7.15. The molecule has 0 atom stereocenters. The first-order valence-electron chi connectivity index (χ1n) is 8.45. The number of nitrogens with one attached hydrogen (secondary N) is 1. The first-order chi connectivity index (χ1) is 12.9. The molecule has 8 nitrogen and oxygen atoms in total. The number of carbonyl (C=O) groups is 2. The summed E-state index contributed by atoms with van der Waals surface area (Å²) in [6, 6.07) is 3.96. The molecule has 2 aliphatic rings. The summed E-state index contributed by atoms with van der Waals surface area (Å²) >= 11 is 7.27. The van der Waals surface area contributed by atoms with Crippen molar-refractivity contribution in [3.8, 4) is 0 Å². The van der Waals surface area contributed by atoms with Gasteiger partial charge in [0.25, 0.3) is 11.6 Å². The number of fused-ring (bicyclic) bond motifs is 1. The molecule has 1 fully saturated rings. The lowest BCUT2D eigenvalue weighted by molar-refractivity contribution is -0.385. The van der Waals surface area contributed by atoms with Crippen LogP contribution >= 0.6 is 22.9 Å². The van der Waals surface area contributed by atoms with Crippen LogP contribution < -0.4 is 5.32 Å². The summed E-state index contributed by atoms with van der Waals surface area (Å²) in [6.07, 6.45) is 2.36. The number of anilines is 1. The van der Waals surface area contributed by atoms with Crippen molar-refractivity contribution < 1.29 is 14.5 Å². The van der Waals surface area contributed by atoms with E-state index in [0.29, 0.717) is 24.6 Å². The number of hydrogen-bond acceptors (Lipinski definition) is 6. The van der Waals surface area contributed by atoms with E-state index in [1.165, 1.54) is 29.5 Å². The third kappa shape index (κ3) is 3.65. The standard InChI is InChI=1S/C17H15ClN4O4S/c18-10-3-4-13(22(25)26)11(7-10)16(24)21-6-5-12-14(8-21)27-17(19-12)20-15(23)9-1-2-9/h3-4,7,9H,1-2,5-6,8H2,(H,19,20,23). The maximum absolute atomic E-state index is 12.8. The van der Waals surface area contributed by atoms with E-state index in [-0.39, 0.29) is 28.1 Å². The Morgan fingerprint density at radius 1 is 1.37 bits per heavy atom. The van der Waals surface area contributed by atoms with Gasteiger partial charge >= 0.3 is 0 Å². The van der Waals surface area contributed by atoms with Gasteiger partial charge in [-0.25, -0.2) is 4.98 Å². The van der Waals surface area contributed by atoms with Crippen LogP contribution in [0.5, 0.6) is 0 Å². The number of benzene rings is 1. The molecule has 27 heavy (non-hydrogen) atoms. The van der Waals surface area contributed by atoms with E-state index < -0.39 is 10.8 Å². The molecule has 1 saturated carbocycles. The Morgan fingerprint density at radius 3 is 2.85 bits per heavy atom. The summed E-state index contributed by atoms with van der Waals surface area (Å²) in [4.78, 5) is 42.3. The molecule has 0 unspecified atom stereocenters. The van der Waals surface area contributed by atoms with E-state index >= 15 is 0 Å². The molecule has 0 saturated heterocycles. The average molecular weight is 407 g/mol. The van der Waals surface area contributed by atoms with Gasteiger partial charge in [-0.05, 0) is 25.0 Å². The first-order valence-corrected chi connectivity index (χ1v) is 9.64. The van der Waals surface area contributed by atoms with Crippen LogP contribution in [0.15, 0.2) is 18.2 Å². The maximum Gasteiger partial charge on any atom is 0.282 e. The molecule has 140 valence electrons. The topological polar surface area (TPSA) is 105 Å². The summed E-state index contributed by atoms with van der Waals surface area (Å²) in [5.74, 6) is -0.359. The number of hydrogen-bond donors (Lipinski definition) is 1. The average Bonchev–Trinajstić information content (AvgIpc) is 3.41.